The molecule has 37 heavy (non-hydrogen) atoms. The van der Waals surface area contributed by atoms with E-state index in [-0.39, 0.29) is 175 Å². The van der Waals surface area contributed by atoms with Crippen LogP contribution in [0.25, 0.3) is 32.7 Å². The first-order valence-corrected chi connectivity index (χ1v) is 13.2. The van der Waals surface area contributed by atoms with E-state index in [0.717, 1.165) is 38.0 Å². The smallest absolute Gasteiger partial charge is 0.192 e. The average Bonchev–Trinajstić information content (AvgIpc) is 2.92. The molecule has 0 unspecified atom stereocenters. The molecule has 4 aromatic carbocycles. The van der Waals surface area contributed by atoms with Crippen LogP contribution in [0, 0.1) is 151 Å². The fourth-order valence-electron chi connectivity index (χ4n) is 3.17. The van der Waals surface area contributed by atoms with Gasteiger partial charge in [0.1, 0.15) is 0 Å². The maximum absolute atomic E-state index is 11.8. The van der Waals surface area contributed by atoms with Gasteiger partial charge in [-0.3, -0.25) is 9.13 Å². The molecule has 0 aliphatic heterocycles. The summed E-state index contributed by atoms with van der Waals surface area (Å²) in [5.74, 6) is 0. The van der Waals surface area contributed by atoms with E-state index in [2.05, 4.69) is 0 Å². The maximum Gasteiger partial charge on any atom is 0.192 e. The zero-order valence-corrected chi connectivity index (χ0v) is 26.7. The zero-order valence-electron chi connectivity index (χ0n) is 22.1. The van der Waals surface area contributed by atoms with Crippen molar-refractivity contribution in [3.05, 3.63) is 72.8 Å². The molecule has 0 N–H and O–H groups in total. The minimum atomic E-state index is -0.0237. The van der Waals surface area contributed by atoms with Crippen LogP contribution in [0.5, 0.6) is 0 Å². The van der Waals surface area contributed by atoms with Crippen molar-refractivity contribution in [2.24, 2.45) is 0 Å². The maximum atomic E-state index is 11.8. The molecule has 0 amide bonds. The van der Waals surface area contributed by atoms with Crippen LogP contribution in [0.3, 0.4) is 0 Å². The number of rotatable bonds is 3. The second kappa shape index (κ2) is 33.1. The van der Waals surface area contributed by atoms with Crippen LogP contribution in [0.4, 0.5) is 0 Å². The van der Waals surface area contributed by atoms with Gasteiger partial charge in [0.05, 0.1) is 5.30 Å². The van der Waals surface area contributed by atoms with Gasteiger partial charge in [0.25, 0.3) is 0 Å². The largest absolute Gasteiger partial charge is 0.269 e. The molecular weight excluding hydrogens is 602 g/mol. The monoisotopic (exact) mass is 642 g/mol. The molecule has 4 aromatic rings. The van der Waals surface area contributed by atoms with Gasteiger partial charge in [-0.2, -0.15) is 0 Å². The fourth-order valence-corrected chi connectivity index (χ4v) is 4.01. The Morgan fingerprint density at radius 3 is 1.46 bits per heavy atom. The van der Waals surface area contributed by atoms with Gasteiger partial charge in [0.2, 0.25) is 0 Å². The molecular formula is C29H40Ar4O2P2. The van der Waals surface area contributed by atoms with Crippen LogP contribution in [0.2, 0.25) is 0 Å². The van der Waals surface area contributed by atoms with E-state index >= 15 is 0 Å². The minimum absolute atomic E-state index is 0. The molecule has 0 heterocycles. The summed E-state index contributed by atoms with van der Waals surface area (Å²) in [6, 6.07) is 23.8. The zero-order chi connectivity index (χ0) is 24.5. The molecule has 0 aliphatic rings. The van der Waals surface area contributed by atoms with E-state index in [9.17, 15) is 9.13 Å². The van der Waals surface area contributed by atoms with Crippen molar-refractivity contribution >= 4 is 49.1 Å². The molecule has 0 atom stereocenters. The van der Waals surface area contributed by atoms with Crippen molar-refractivity contribution in [2.75, 3.05) is 0 Å². The number of benzene rings is 4. The second-order valence-electron chi connectivity index (χ2n) is 5.58. The standard InChI is InChI=1S/C20H12O2P2.4C2H6.CH4.4Ar/c21-23-15-11-14-6-2-3-7-16(14)18(12-15)20-17-8-4-1-5-13(17)9-10-19(20)24-22;4*1-2;;;;;/h1-12H;4*1-2H3;1H4;;;;. The average molecular weight is 642 g/mol. The molecule has 8 heteroatoms. The second-order valence-corrected chi connectivity index (χ2v) is 6.94. The molecule has 0 fully saturated rings. The van der Waals surface area contributed by atoms with E-state index < -0.39 is 0 Å². The summed E-state index contributed by atoms with van der Waals surface area (Å²) in [6.45, 7) is 16.0. The van der Waals surface area contributed by atoms with Crippen molar-refractivity contribution in [3.63, 3.8) is 0 Å². The van der Waals surface area contributed by atoms with Crippen molar-refractivity contribution in [3.8, 4) is 11.1 Å². The molecule has 0 saturated carbocycles. The number of fused-ring (bicyclic) bond motifs is 2. The summed E-state index contributed by atoms with van der Waals surface area (Å²) in [4.78, 5) is 0. The Bertz CT molecular complexity index is 1120. The Kier molecular flexibility index (Phi) is 46.8. The van der Waals surface area contributed by atoms with Gasteiger partial charge < -0.3 is 0 Å². The minimum Gasteiger partial charge on any atom is -0.269 e. The Morgan fingerprint density at radius 1 is 0.514 bits per heavy atom. The molecule has 0 aliphatic carbocycles. The van der Waals surface area contributed by atoms with E-state index in [1.54, 1.807) is 0 Å². The van der Waals surface area contributed by atoms with Crippen molar-refractivity contribution in [1.29, 1.82) is 0 Å². The quantitative estimate of drug-likeness (QED) is 0.209. The molecule has 0 saturated heterocycles. The van der Waals surface area contributed by atoms with Gasteiger partial charge in [-0.15, -0.1) is 0 Å². The van der Waals surface area contributed by atoms with Crippen LogP contribution >= 0.6 is 16.9 Å². The Balaban J connectivity index is -0.000000170. The van der Waals surface area contributed by atoms with E-state index in [1.807, 2.05) is 128 Å². The Labute approximate surface area is 349 Å². The van der Waals surface area contributed by atoms with Gasteiger partial charge in [0.15, 0.2) is 16.9 Å². The summed E-state index contributed by atoms with van der Waals surface area (Å²) in [6.07, 6.45) is 0. The van der Waals surface area contributed by atoms with Crippen LogP contribution in [-0.4, -0.2) is 0 Å². The first kappa shape index (κ1) is 52.3. The summed E-state index contributed by atoms with van der Waals surface area (Å²) in [5.41, 5.74) is 1.90. The molecule has 0 aromatic heterocycles. The van der Waals surface area contributed by atoms with Gasteiger partial charge in [0, 0.05) is 162 Å². The van der Waals surface area contributed by atoms with Gasteiger partial charge in [-0.05, 0) is 45.3 Å². The van der Waals surface area contributed by atoms with Gasteiger partial charge >= 0.3 is 0 Å². The number of hydrogen-bond donors (Lipinski definition) is 0. The summed E-state index contributed by atoms with van der Waals surface area (Å²) in [7, 11) is -0.0439. The Morgan fingerprint density at radius 2 is 0.973 bits per heavy atom. The first-order chi connectivity index (χ1) is 15.8. The third kappa shape index (κ3) is 15.6. The van der Waals surface area contributed by atoms with Gasteiger partial charge in [-0.25, -0.2) is 0 Å². The van der Waals surface area contributed by atoms with Crippen LogP contribution in [-0.2, 0) is 9.13 Å². The Hall–Kier alpha value is 2.64. The van der Waals surface area contributed by atoms with E-state index in [4.69, 9.17) is 0 Å². The molecule has 2 nitrogen and oxygen atoms in total. The fraction of sp³-hybridized carbons (Fsp3) is 0.310. The third-order valence-corrected chi connectivity index (χ3v) is 5.27. The van der Waals surface area contributed by atoms with E-state index in [1.165, 1.54) is 0 Å². The normalized spacial score (nSPS) is 8.11. The van der Waals surface area contributed by atoms with Crippen molar-refractivity contribution in [1.82, 2.24) is 0 Å². The molecule has 4 rings (SSSR count). The topological polar surface area (TPSA) is 34.1 Å². The number of hydrogen-bond acceptors (Lipinski definition) is 2. The molecule has 0 bridgehead atoms. The summed E-state index contributed by atoms with van der Waals surface area (Å²) in [5, 5.41) is 5.67. The molecule has 0 spiro atoms. The molecule has 0 radical (unpaired) electrons. The predicted octanol–water partition coefficient (Wildman–Crippen LogP) is 10.2. The summed E-state index contributed by atoms with van der Waals surface area (Å²) >= 11 is 0. The first-order valence-electron chi connectivity index (χ1n) is 11.5. The predicted molar refractivity (Wildman–Crippen MR) is 153 cm³/mol. The van der Waals surface area contributed by atoms with Crippen LogP contribution in [0.15, 0.2) is 72.8 Å². The van der Waals surface area contributed by atoms with Crippen LogP contribution < -0.4 is 10.6 Å². The van der Waals surface area contributed by atoms with Crippen molar-refractivity contribution < 1.29 is 160 Å². The van der Waals surface area contributed by atoms with Crippen LogP contribution in [0.1, 0.15) is 62.8 Å². The van der Waals surface area contributed by atoms with E-state index in [0.29, 0.717) is 5.30 Å². The third-order valence-electron chi connectivity index (χ3n) is 4.23. The SMILES string of the molecule is C.CC.CC.CC.CC.O=Pc1cc(-c2c(P=O)ccc3ccccc23)c2ccccc2c1.[Ar].[Ar].[Ar].[Ar]. The van der Waals surface area contributed by atoms with Crippen molar-refractivity contribution in [2.45, 2.75) is 62.8 Å². The summed E-state index contributed by atoms with van der Waals surface area (Å²) < 4.78 is 23.3. The van der Waals surface area contributed by atoms with Gasteiger partial charge in [-0.1, -0.05) is 117 Å². The molecule has 210 valence electrons.